The lowest BCUT2D eigenvalue weighted by molar-refractivity contribution is -0.121. The Kier molecular flexibility index (Phi) is 4.79. The molecule has 0 saturated carbocycles. The van der Waals surface area contributed by atoms with Crippen molar-refractivity contribution in [2.45, 2.75) is 26.3 Å². The van der Waals surface area contributed by atoms with Crippen LogP contribution in [0.25, 0.3) is 0 Å². The monoisotopic (exact) mass is 288 g/mol. The highest BCUT2D eigenvalue weighted by atomic mass is 32.1. The third-order valence-corrected chi connectivity index (χ3v) is 4.13. The van der Waals surface area contributed by atoms with Crippen molar-refractivity contribution in [1.82, 2.24) is 5.32 Å². The Balaban J connectivity index is 2.00. The Labute approximate surface area is 123 Å². The zero-order valence-electron chi connectivity index (χ0n) is 11.8. The van der Waals surface area contributed by atoms with E-state index in [1.807, 2.05) is 35.7 Å². The molecular formula is C16H20N2OS. The van der Waals surface area contributed by atoms with E-state index in [9.17, 15) is 4.79 Å². The summed E-state index contributed by atoms with van der Waals surface area (Å²) in [5, 5.41) is 5.16. The highest BCUT2D eigenvalue weighted by Crippen LogP contribution is 2.25. The van der Waals surface area contributed by atoms with E-state index < -0.39 is 0 Å². The van der Waals surface area contributed by atoms with Gasteiger partial charge in [0.25, 0.3) is 0 Å². The van der Waals surface area contributed by atoms with Gasteiger partial charge >= 0.3 is 0 Å². The molecule has 20 heavy (non-hydrogen) atoms. The minimum atomic E-state index is 0.0434. The smallest absolute Gasteiger partial charge is 0.224 e. The van der Waals surface area contributed by atoms with Crippen molar-refractivity contribution in [2.75, 3.05) is 5.73 Å². The van der Waals surface area contributed by atoms with Crippen LogP contribution in [-0.4, -0.2) is 5.91 Å². The average Bonchev–Trinajstić information content (AvgIpc) is 2.92. The quantitative estimate of drug-likeness (QED) is 0.829. The second-order valence-corrected chi connectivity index (χ2v) is 6.20. The van der Waals surface area contributed by atoms with Crippen LogP contribution in [0.15, 0.2) is 41.8 Å². The summed E-state index contributed by atoms with van der Waals surface area (Å²) in [6.45, 7) is 4.24. The molecule has 1 unspecified atom stereocenters. The van der Waals surface area contributed by atoms with E-state index in [2.05, 4.69) is 25.2 Å². The highest BCUT2D eigenvalue weighted by Gasteiger charge is 2.19. The van der Waals surface area contributed by atoms with Gasteiger partial charge in [-0.05, 0) is 35.1 Å². The number of nitrogens with two attached hydrogens (primary N) is 1. The van der Waals surface area contributed by atoms with E-state index in [0.29, 0.717) is 18.0 Å². The van der Waals surface area contributed by atoms with Gasteiger partial charge in [-0.2, -0.15) is 0 Å². The molecule has 2 rings (SSSR count). The first-order valence-electron chi connectivity index (χ1n) is 6.73. The molecule has 1 aromatic carbocycles. The molecule has 0 fully saturated rings. The predicted molar refractivity (Wildman–Crippen MR) is 84.6 cm³/mol. The van der Waals surface area contributed by atoms with Gasteiger partial charge < -0.3 is 11.1 Å². The van der Waals surface area contributed by atoms with E-state index in [4.69, 9.17) is 5.73 Å². The number of carbonyl (C=O) groups is 1. The number of nitrogen functional groups attached to an aromatic ring is 1. The summed E-state index contributed by atoms with van der Waals surface area (Å²) in [5.41, 5.74) is 7.34. The first-order chi connectivity index (χ1) is 9.56. The Bertz CT molecular complexity index is 546. The van der Waals surface area contributed by atoms with Crippen molar-refractivity contribution in [1.29, 1.82) is 0 Å². The Hall–Kier alpha value is -1.81. The molecule has 1 atom stereocenters. The third kappa shape index (κ3) is 3.84. The molecule has 0 bridgehead atoms. The van der Waals surface area contributed by atoms with Gasteiger partial charge in [-0.3, -0.25) is 4.79 Å². The first-order valence-corrected chi connectivity index (χ1v) is 7.61. The summed E-state index contributed by atoms with van der Waals surface area (Å²) < 4.78 is 0. The fourth-order valence-corrected chi connectivity index (χ4v) is 3.03. The molecule has 1 heterocycles. The summed E-state index contributed by atoms with van der Waals surface area (Å²) in [5.74, 6) is 0.408. The molecule has 2 aromatic rings. The Morgan fingerprint density at radius 1 is 1.25 bits per heavy atom. The van der Waals surface area contributed by atoms with Crippen molar-refractivity contribution in [3.05, 3.63) is 52.2 Å². The Morgan fingerprint density at radius 2 is 1.95 bits per heavy atom. The van der Waals surface area contributed by atoms with Crippen LogP contribution in [0.4, 0.5) is 5.69 Å². The summed E-state index contributed by atoms with van der Waals surface area (Å²) in [6, 6.07) is 11.6. The van der Waals surface area contributed by atoms with E-state index in [-0.39, 0.29) is 11.9 Å². The van der Waals surface area contributed by atoms with Gasteiger partial charge in [0.15, 0.2) is 0 Å². The minimum Gasteiger partial charge on any atom is -0.399 e. The van der Waals surface area contributed by atoms with Crippen molar-refractivity contribution < 1.29 is 4.79 Å². The van der Waals surface area contributed by atoms with Crippen LogP contribution in [0.3, 0.4) is 0 Å². The van der Waals surface area contributed by atoms with Gasteiger partial charge in [-0.15, -0.1) is 11.3 Å². The molecule has 3 N–H and O–H groups in total. The number of rotatable bonds is 5. The van der Waals surface area contributed by atoms with Gasteiger partial charge in [0.2, 0.25) is 5.91 Å². The highest BCUT2D eigenvalue weighted by molar-refractivity contribution is 7.10. The molecule has 0 aliphatic heterocycles. The normalized spacial score (nSPS) is 12.3. The fourth-order valence-electron chi connectivity index (χ4n) is 2.08. The van der Waals surface area contributed by atoms with Crippen molar-refractivity contribution in [3.8, 4) is 0 Å². The molecule has 0 aliphatic rings. The lowest BCUT2D eigenvalue weighted by Crippen LogP contribution is -2.32. The maximum absolute atomic E-state index is 12.2. The van der Waals surface area contributed by atoms with Gasteiger partial charge in [-0.25, -0.2) is 0 Å². The van der Waals surface area contributed by atoms with E-state index in [1.54, 1.807) is 11.3 Å². The molecule has 1 amide bonds. The number of thiophene rings is 1. The van der Waals surface area contributed by atoms with Gasteiger partial charge in [0.05, 0.1) is 12.5 Å². The SMILES string of the molecule is CC(C)C(NC(=O)Cc1ccc(N)cc1)c1cccs1. The minimum absolute atomic E-state index is 0.0434. The van der Waals surface area contributed by atoms with Crippen molar-refractivity contribution in [3.63, 3.8) is 0 Å². The van der Waals surface area contributed by atoms with E-state index >= 15 is 0 Å². The maximum atomic E-state index is 12.2. The van der Waals surface area contributed by atoms with Gasteiger partial charge in [0, 0.05) is 10.6 Å². The predicted octanol–water partition coefficient (Wildman–Crippen LogP) is 3.39. The summed E-state index contributed by atoms with van der Waals surface area (Å²) in [6.07, 6.45) is 0.384. The largest absolute Gasteiger partial charge is 0.399 e. The number of hydrogen-bond acceptors (Lipinski definition) is 3. The summed E-state index contributed by atoms with van der Waals surface area (Å²) in [7, 11) is 0. The van der Waals surface area contributed by atoms with Crippen LogP contribution in [0.1, 0.15) is 30.3 Å². The molecular weight excluding hydrogens is 268 g/mol. The standard InChI is InChI=1S/C16H20N2OS/c1-11(2)16(14-4-3-9-20-14)18-15(19)10-12-5-7-13(17)8-6-12/h3-9,11,16H,10,17H2,1-2H3,(H,18,19). The van der Waals surface area contributed by atoms with Crippen LogP contribution >= 0.6 is 11.3 Å². The molecule has 4 heteroatoms. The number of carbonyl (C=O) groups excluding carboxylic acids is 1. The Morgan fingerprint density at radius 3 is 2.50 bits per heavy atom. The van der Waals surface area contributed by atoms with Crippen LogP contribution in [0.2, 0.25) is 0 Å². The lowest BCUT2D eigenvalue weighted by Gasteiger charge is -2.21. The van der Waals surface area contributed by atoms with Crippen LogP contribution in [-0.2, 0) is 11.2 Å². The van der Waals surface area contributed by atoms with Crippen LogP contribution < -0.4 is 11.1 Å². The molecule has 3 nitrogen and oxygen atoms in total. The van der Waals surface area contributed by atoms with Crippen LogP contribution in [0.5, 0.6) is 0 Å². The average molecular weight is 288 g/mol. The maximum Gasteiger partial charge on any atom is 0.224 e. The van der Waals surface area contributed by atoms with Gasteiger partial charge in [0.1, 0.15) is 0 Å². The number of benzene rings is 1. The van der Waals surface area contributed by atoms with Gasteiger partial charge in [-0.1, -0.05) is 32.0 Å². The first kappa shape index (κ1) is 14.6. The number of anilines is 1. The molecule has 0 aliphatic carbocycles. The van der Waals surface area contributed by atoms with Crippen molar-refractivity contribution in [2.24, 2.45) is 5.92 Å². The number of nitrogens with one attached hydrogen (secondary N) is 1. The number of hydrogen-bond donors (Lipinski definition) is 2. The molecule has 106 valence electrons. The second-order valence-electron chi connectivity index (χ2n) is 5.22. The fraction of sp³-hybridized carbons (Fsp3) is 0.312. The zero-order chi connectivity index (χ0) is 14.5. The number of amides is 1. The van der Waals surface area contributed by atoms with E-state index in [1.165, 1.54) is 4.88 Å². The topological polar surface area (TPSA) is 55.1 Å². The second kappa shape index (κ2) is 6.57. The molecule has 0 spiro atoms. The molecule has 0 radical (unpaired) electrons. The third-order valence-electron chi connectivity index (χ3n) is 3.18. The summed E-state index contributed by atoms with van der Waals surface area (Å²) in [4.78, 5) is 13.4. The molecule has 1 aromatic heterocycles. The lowest BCUT2D eigenvalue weighted by atomic mass is 10.0. The summed E-state index contributed by atoms with van der Waals surface area (Å²) >= 11 is 1.68. The van der Waals surface area contributed by atoms with Crippen molar-refractivity contribution >= 4 is 22.9 Å². The molecule has 0 saturated heterocycles. The van der Waals surface area contributed by atoms with E-state index in [0.717, 1.165) is 5.56 Å². The van der Waals surface area contributed by atoms with Crippen LogP contribution in [0, 0.1) is 5.92 Å². The zero-order valence-corrected chi connectivity index (χ0v) is 12.6.